The van der Waals surface area contributed by atoms with Gasteiger partial charge in [0.05, 0.1) is 18.6 Å². The summed E-state index contributed by atoms with van der Waals surface area (Å²) in [5.41, 5.74) is 0.952. The summed E-state index contributed by atoms with van der Waals surface area (Å²) in [5, 5.41) is 4.99. The third kappa shape index (κ3) is 4.49. The predicted molar refractivity (Wildman–Crippen MR) is 109 cm³/mol. The Labute approximate surface area is 164 Å². The van der Waals surface area contributed by atoms with Gasteiger partial charge in [-0.2, -0.15) is 4.31 Å². The third-order valence-corrected chi connectivity index (χ3v) is 6.26. The monoisotopic (exact) mass is 398 g/mol. The van der Waals surface area contributed by atoms with Gasteiger partial charge in [-0.3, -0.25) is 4.79 Å². The lowest BCUT2D eigenvalue weighted by Gasteiger charge is -2.17. The number of benzene rings is 3. The van der Waals surface area contributed by atoms with Gasteiger partial charge in [0.2, 0.25) is 15.9 Å². The molecule has 0 heterocycles. The summed E-state index contributed by atoms with van der Waals surface area (Å²) in [6, 6.07) is 20.0. The first-order valence-electron chi connectivity index (χ1n) is 8.75. The first-order chi connectivity index (χ1) is 13.4. The zero-order valence-corrected chi connectivity index (χ0v) is 16.6. The predicted octanol–water partition coefficient (Wildman–Crippen LogP) is 2.79. The Kier molecular flexibility index (Phi) is 5.96. The van der Waals surface area contributed by atoms with Crippen LogP contribution in [0.3, 0.4) is 0 Å². The second kappa shape index (κ2) is 8.41. The average Bonchev–Trinajstić information content (AvgIpc) is 2.72. The zero-order chi connectivity index (χ0) is 20.1. The van der Waals surface area contributed by atoms with Gasteiger partial charge in [0.25, 0.3) is 0 Å². The number of methoxy groups -OCH3 is 1. The van der Waals surface area contributed by atoms with Crippen molar-refractivity contribution in [2.75, 3.05) is 20.7 Å². The molecule has 3 aromatic rings. The fourth-order valence-electron chi connectivity index (χ4n) is 2.82. The Hall–Kier alpha value is -2.90. The highest BCUT2D eigenvalue weighted by atomic mass is 32.2. The number of nitrogens with one attached hydrogen (secondary N) is 1. The summed E-state index contributed by atoms with van der Waals surface area (Å²) in [7, 11) is -0.860. The number of likely N-dealkylation sites (N-methyl/N-ethyl adjacent to an activating group) is 1. The number of ether oxygens (including phenoxy) is 1. The molecule has 7 heteroatoms. The zero-order valence-electron chi connectivity index (χ0n) is 15.8. The van der Waals surface area contributed by atoms with E-state index in [1.165, 1.54) is 26.3 Å². The normalized spacial score (nSPS) is 11.5. The molecule has 0 aliphatic carbocycles. The largest absolute Gasteiger partial charge is 0.497 e. The van der Waals surface area contributed by atoms with Crippen molar-refractivity contribution in [3.8, 4) is 5.75 Å². The lowest BCUT2D eigenvalue weighted by molar-refractivity contribution is -0.121. The van der Waals surface area contributed by atoms with E-state index in [0.717, 1.165) is 20.6 Å². The molecule has 146 valence electrons. The first kappa shape index (κ1) is 19.9. The molecule has 0 fully saturated rings. The third-order valence-electron chi connectivity index (χ3n) is 4.44. The van der Waals surface area contributed by atoms with Gasteiger partial charge in [-0.1, -0.05) is 36.4 Å². The molecule has 0 spiro atoms. The van der Waals surface area contributed by atoms with Gasteiger partial charge >= 0.3 is 0 Å². The fourth-order valence-corrected chi connectivity index (χ4v) is 3.95. The van der Waals surface area contributed by atoms with Crippen LogP contribution in [0.1, 0.15) is 5.56 Å². The van der Waals surface area contributed by atoms with Crippen LogP contribution in [-0.2, 0) is 21.4 Å². The van der Waals surface area contributed by atoms with E-state index in [2.05, 4.69) is 5.32 Å². The van der Waals surface area contributed by atoms with Gasteiger partial charge in [0, 0.05) is 13.6 Å². The van der Waals surface area contributed by atoms with Crippen molar-refractivity contribution in [1.29, 1.82) is 0 Å². The fraction of sp³-hybridized carbons (Fsp3) is 0.190. The van der Waals surface area contributed by atoms with Crippen LogP contribution in [-0.4, -0.2) is 39.3 Å². The van der Waals surface area contributed by atoms with Crippen molar-refractivity contribution >= 4 is 26.7 Å². The number of hydrogen-bond donors (Lipinski definition) is 1. The Bertz CT molecular complexity index is 1080. The lowest BCUT2D eigenvalue weighted by Crippen LogP contribution is -2.38. The Balaban J connectivity index is 1.61. The van der Waals surface area contributed by atoms with Crippen molar-refractivity contribution < 1.29 is 17.9 Å². The number of nitrogens with zero attached hydrogens (tertiary/aromatic N) is 1. The molecular formula is C21H22N2O4S. The molecule has 0 aromatic heterocycles. The van der Waals surface area contributed by atoms with Gasteiger partial charge in [-0.05, 0) is 46.7 Å². The van der Waals surface area contributed by atoms with Gasteiger partial charge in [0.15, 0.2) is 0 Å². The maximum Gasteiger partial charge on any atom is 0.243 e. The van der Waals surface area contributed by atoms with E-state index in [0.29, 0.717) is 12.3 Å². The summed E-state index contributed by atoms with van der Waals surface area (Å²) in [6.45, 7) is 0.0715. The van der Waals surface area contributed by atoms with Crippen LogP contribution < -0.4 is 10.1 Å². The van der Waals surface area contributed by atoms with E-state index >= 15 is 0 Å². The number of sulfonamides is 1. The van der Waals surface area contributed by atoms with Crippen LogP contribution in [0.15, 0.2) is 71.6 Å². The number of amides is 1. The second-order valence-corrected chi connectivity index (χ2v) is 8.44. The highest BCUT2D eigenvalue weighted by Gasteiger charge is 2.22. The highest BCUT2D eigenvalue weighted by Crippen LogP contribution is 2.18. The van der Waals surface area contributed by atoms with Gasteiger partial charge < -0.3 is 10.1 Å². The van der Waals surface area contributed by atoms with Gasteiger partial charge in [0.1, 0.15) is 5.75 Å². The molecule has 6 nitrogen and oxygen atoms in total. The summed E-state index contributed by atoms with van der Waals surface area (Å²) >= 11 is 0. The van der Waals surface area contributed by atoms with E-state index in [1.807, 2.05) is 42.5 Å². The molecule has 1 amide bonds. The molecule has 0 atom stereocenters. The van der Waals surface area contributed by atoms with Crippen molar-refractivity contribution in [3.63, 3.8) is 0 Å². The quantitative estimate of drug-likeness (QED) is 0.664. The Morgan fingerprint density at radius 3 is 2.36 bits per heavy atom. The molecule has 0 bridgehead atoms. The lowest BCUT2D eigenvalue weighted by atomic mass is 10.1. The van der Waals surface area contributed by atoms with Gasteiger partial charge in [-0.25, -0.2) is 8.42 Å². The molecule has 0 unspecified atom stereocenters. The highest BCUT2D eigenvalue weighted by molar-refractivity contribution is 7.89. The van der Waals surface area contributed by atoms with Crippen LogP contribution in [0.25, 0.3) is 10.8 Å². The summed E-state index contributed by atoms with van der Waals surface area (Å²) < 4.78 is 31.3. The van der Waals surface area contributed by atoms with E-state index in [1.54, 1.807) is 12.1 Å². The number of hydrogen-bond acceptors (Lipinski definition) is 4. The molecule has 3 rings (SSSR count). The SMILES string of the molecule is COc1ccc(S(=O)(=O)N(C)CC(=O)NCc2ccc3ccccc3c2)cc1. The van der Waals surface area contributed by atoms with E-state index in [9.17, 15) is 13.2 Å². The molecule has 3 aromatic carbocycles. The molecule has 0 aliphatic rings. The van der Waals surface area contributed by atoms with E-state index in [4.69, 9.17) is 4.74 Å². The Morgan fingerprint density at radius 1 is 1.00 bits per heavy atom. The molecule has 0 aliphatic heterocycles. The Morgan fingerprint density at radius 2 is 1.68 bits per heavy atom. The molecule has 0 saturated carbocycles. The maximum atomic E-state index is 12.6. The van der Waals surface area contributed by atoms with Crippen LogP contribution in [0.2, 0.25) is 0 Å². The summed E-state index contributed by atoms with van der Waals surface area (Å²) in [6.07, 6.45) is 0. The number of carbonyl (C=O) groups excluding carboxylic acids is 1. The molecular weight excluding hydrogens is 376 g/mol. The standard InChI is InChI=1S/C21H22N2O4S/c1-23(28(25,26)20-11-9-19(27-2)10-12-20)15-21(24)22-14-16-7-8-17-5-3-4-6-18(17)13-16/h3-13H,14-15H2,1-2H3,(H,22,24). The van der Waals surface area contributed by atoms with E-state index in [-0.39, 0.29) is 17.3 Å². The minimum absolute atomic E-state index is 0.109. The van der Waals surface area contributed by atoms with Crippen molar-refractivity contribution in [2.45, 2.75) is 11.4 Å². The summed E-state index contributed by atoms with van der Waals surface area (Å²) in [4.78, 5) is 12.3. The van der Waals surface area contributed by atoms with Gasteiger partial charge in [-0.15, -0.1) is 0 Å². The average molecular weight is 398 g/mol. The van der Waals surface area contributed by atoms with E-state index < -0.39 is 10.0 Å². The minimum atomic E-state index is -3.75. The van der Waals surface area contributed by atoms with Crippen LogP contribution in [0, 0.1) is 0 Å². The smallest absolute Gasteiger partial charge is 0.243 e. The molecule has 1 N–H and O–H groups in total. The van der Waals surface area contributed by atoms with Crippen LogP contribution in [0.4, 0.5) is 0 Å². The van der Waals surface area contributed by atoms with Crippen molar-refractivity contribution in [2.24, 2.45) is 0 Å². The van der Waals surface area contributed by atoms with Crippen LogP contribution in [0.5, 0.6) is 5.75 Å². The van der Waals surface area contributed by atoms with Crippen molar-refractivity contribution in [1.82, 2.24) is 9.62 Å². The molecule has 0 saturated heterocycles. The first-order valence-corrected chi connectivity index (χ1v) is 10.2. The molecule has 0 radical (unpaired) electrons. The summed E-state index contributed by atoms with van der Waals surface area (Å²) in [5.74, 6) is 0.197. The number of rotatable bonds is 7. The minimum Gasteiger partial charge on any atom is -0.497 e. The molecule has 28 heavy (non-hydrogen) atoms. The van der Waals surface area contributed by atoms with Crippen LogP contribution >= 0.6 is 0 Å². The topological polar surface area (TPSA) is 75.7 Å². The maximum absolute atomic E-state index is 12.6. The number of fused-ring (bicyclic) bond motifs is 1. The van der Waals surface area contributed by atoms with Crippen molar-refractivity contribution in [3.05, 3.63) is 72.3 Å². The second-order valence-electron chi connectivity index (χ2n) is 6.39. The number of carbonyl (C=O) groups is 1.